The summed E-state index contributed by atoms with van der Waals surface area (Å²) in [5.41, 5.74) is 4.37. The Morgan fingerprint density at radius 1 is 1.15 bits per heavy atom. The van der Waals surface area contributed by atoms with Crippen LogP contribution in [0.5, 0.6) is 5.88 Å². The molecule has 10 nitrogen and oxygen atoms in total. The fourth-order valence-corrected chi connectivity index (χ4v) is 5.17. The highest BCUT2D eigenvalue weighted by molar-refractivity contribution is 6.01. The number of carbonyl (C=O) groups excluding carboxylic acids is 1. The molecule has 0 aliphatic heterocycles. The molecule has 1 fully saturated rings. The van der Waals surface area contributed by atoms with E-state index >= 15 is 0 Å². The Morgan fingerprint density at radius 3 is 2.62 bits per heavy atom. The summed E-state index contributed by atoms with van der Waals surface area (Å²) in [4.78, 5) is 25.1. The van der Waals surface area contributed by atoms with Crippen molar-refractivity contribution in [3.8, 4) is 17.1 Å². The fraction of sp³-hybridized carbons (Fsp3) is 0.333. The number of hydrogen-bond donors (Lipinski definition) is 2. The summed E-state index contributed by atoms with van der Waals surface area (Å²) in [5.74, 6) is 1.04. The average molecular weight is 540 g/mol. The van der Waals surface area contributed by atoms with Gasteiger partial charge in [0.25, 0.3) is 5.91 Å². The number of nitrogens with zero attached hydrogens (tertiary/aromatic N) is 6. The van der Waals surface area contributed by atoms with Gasteiger partial charge in [0.15, 0.2) is 5.65 Å². The molecule has 0 radical (unpaired) electrons. The first-order chi connectivity index (χ1) is 19.3. The number of pyridine rings is 1. The molecule has 1 aliphatic rings. The van der Waals surface area contributed by atoms with E-state index in [4.69, 9.17) is 14.7 Å². The van der Waals surface area contributed by atoms with Gasteiger partial charge < -0.3 is 24.6 Å². The zero-order valence-electron chi connectivity index (χ0n) is 23.1. The lowest BCUT2D eigenvalue weighted by molar-refractivity contribution is 0.0448. The quantitative estimate of drug-likeness (QED) is 0.304. The lowest BCUT2D eigenvalue weighted by Gasteiger charge is -2.32. The number of rotatable bonds is 8. The summed E-state index contributed by atoms with van der Waals surface area (Å²) >= 11 is 0. The smallest absolute Gasteiger partial charge is 0.257 e. The second-order valence-electron chi connectivity index (χ2n) is 10.6. The van der Waals surface area contributed by atoms with Crippen LogP contribution >= 0.6 is 0 Å². The van der Waals surface area contributed by atoms with Gasteiger partial charge in [-0.05, 0) is 38.3 Å². The number of carbonyl (C=O) groups is 1. The average Bonchev–Trinajstić information content (AvgIpc) is 3.56. The highest BCUT2D eigenvalue weighted by Crippen LogP contribution is 2.34. The number of aliphatic hydroxyl groups is 1. The molecule has 40 heavy (non-hydrogen) atoms. The summed E-state index contributed by atoms with van der Waals surface area (Å²) in [6.07, 6.45) is 4.53. The van der Waals surface area contributed by atoms with Crippen LogP contribution in [-0.4, -0.2) is 61.5 Å². The molecule has 2 unspecified atom stereocenters. The molecule has 206 valence electrons. The minimum absolute atomic E-state index is 0.157. The van der Waals surface area contributed by atoms with E-state index in [9.17, 15) is 9.90 Å². The van der Waals surface area contributed by atoms with Crippen molar-refractivity contribution < 1.29 is 14.6 Å². The SMILES string of the molecule is COc1ccc2c(-c3cc(N(C)Cc4ccccc4)n4ncc(C(=O)NC5CCC5O)c4n3)cn(C(C)C)c2n1. The second-order valence-corrected chi connectivity index (χ2v) is 10.6. The monoisotopic (exact) mass is 539 g/mol. The van der Waals surface area contributed by atoms with Crippen LogP contribution < -0.4 is 15.0 Å². The summed E-state index contributed by atoms with van der Waals surface area (Å²) in [7, 11) is 3.61. The Balaban J connectivity index is 1.51. The summed E-state index contributed by atoms with van der Waals surface area (Å²) in [6, 6.07) is 15.9. The molecule has 1 saturated carbocycles. The molecule has 2 atom stereocenters. The number of aliphatic hydroxyl groups excluding tert-OH is 1. The Morgan fingerprint density at radius 2 is 1.95 bits per heavy atom. The van der Waals surface area contributed by atoms with Gasteiger partial charge in [0.05, 0.1) is 31.1 Å². The van der Waals surface area contributed by atoms with Gasteiger partial charge in [-0.15, -0.1) is 0 Å². The van der Waals surface area contributed by atoms with Gasteiger partial charge in [-0.25, -0.2) is 4.98 Å². The lowest BCUT2D eigenvalue weighted by atomic mass is 9.89. The lowest BCUT2D eigenvalue weighted by Crippen LogP contribution is -2.50. The minimum Gasteiger partial charge on any atom is -0.481 e. The van der Waals surface area contributed by atoms with E-state index < -0.39 is 6.10 Å². The molecule has 0 bridgehead atoms. The molecular formula is C30H33N7O3. The van der Waals surface area contributed by atoms with Gasteiger partial charge in [-0.2, -0.15) is 14.6 Å². The van der Waals surface area contributed by atoms with E-state index in [0.717, 1.165) is 34.4 Å². The van der Waals surface area contributed by atoms with Crippen LogP contribution in [0.25, 0.3) is 27.9 Å². The van der Waals surface area contributed by atoms with E-state index in [2.05, 4.69) is 52.1 Å². The van der Waals surface area contributed by atoms with Crippen molar-refractivity contribution in [2.24, 2.45) is 0 Å². The molecular weight excluding hydrogens is 506 g/mol. The number of amides is 1. The normalized spacial score (nSPS) is 16.9. The maximum absolute atomic E-state index is 13.3. The highest BCUT2D eigenvalue weighted by atomic mass is 16.5. The Kier molecular flexibility index (Phi) is 6.63. The molecule has 1 aromatic carbocycles. The van der Waals surface area contributed by atoms with Crippen molar-refractivity contribution in [3.05, 3.63) is 72.1 Å². The number of methoxy groups -OCH3 is 1. The van der Waals surface area contributed by atoms with Crippen molar-refractivity contribution in [1.82, 2.24) is 29.5 Å². The summed E-state index contributed by atoms with van der Waals surface area (Å²) in [6.45, 7) is 4.85. The number of nitrogens with one attached hydrogen (secondary N) is 1. The first-order valence-corrected chi connectivity index (χ1v) is 13.5. The van der Waals surface area contributed by atoms with Gasteiger partial charge in [0.1, 0.15) is 17.0 Å². The van der Waals surface area contributed by atoms with E-state index in [-0.39, 0.29) is 18.0 Å². The third-order valence-electron chi connectivity index (χ3n) is 7.60. The number of anilines is 1. The van der Waals surface area contributed by atoms with Crippen molar-refractivity contribution in [1.29, 1.82) is 0 Å². The topological polar surface area (TPSA) is 110 Å². The molecule has 6 rings (SSSR count). The summed E-state index contributed by atoms with van der Waals surface area (Å²) < 4.78 is 9.22. The van der Waals surface area contributed by atoms with Crippen LogP contribution in [0.4, 0.5) is 5.82 Å². The van der Waals surface area contributed by atoms with Crippen LogP contribution in [-0.2, 0) is 6.54 Å². The van der Waals surface area contributed by atoms with Crippen molar-refractivity contribution in [2.75, 3.05) is 19.1 Å². The van der Waals surface area contributed by atoms with Gasteiger partial charge in [-0.1, -0.05) is 30.3 Å². The van der Waals surface area contributed by atoms with Crippen LogP contribution in [0.3, 0.4) is 0 Å². The van der Waals surface area contributed by atoms with E-state index in [1.807, 2.05) is 43.4 Å². The number of ether oxygens (including phenoxy) is 1. The molecule has 2 N–H and O–H groups in total. The molecule has 5 aromatic rings. The van der Waals surface area contributed by atoms with Crippen LogP contribution in [0.1, 0.15) is 48.7 Å². The zero-order valence-corrected chi connectivity index (χ0v) is 23.1. The van der Waals surface area contributed by atoms with Crippen molar-refractivity contribution >= 4 is 28.4 Å². The molecule has 0 spiro atoms. The maximum atomic E-state index is 13.3. The number of fused-ring (bicyclic) bond motifs is 2. The largest absolute Gasteiger partial charge is 0.481 e. The van der Waals surface area contributed by atoms with Crippen LogP contribution in [0.15, 0.2) is 60.9 Å². The molecule has 10 heteroatoms. The second kappa shape index (κ2) is 10.3. The standard InChI is InChI=1S/C30H33N7O3/c1-18(2)36-17-22(20-10-13-26(40-4)34-28(20)36)24-14-27(35(3)16-19-8-6-5-7-9-19)37-29(32-24)21(15-31-37)30(39)33-23-11-12-25(23)38/h5-10,13-15,17-18,23,25,38H,11-12,16H2,1-4H3,(H,33,39). The number of benzene rings is 1. The first kappa shape index (κ1) is 25.8. The highest BCUT2D eigenvalue weighted by Gasteiger charge is 2.31. The van der Waals surface area contributed by atoms with Crippen LogP contribution in [0, 0.1) is 0 Å². The van der Waals surface area contributed by atoms with Crippen molar-refractivity contribution in [3.63, 3.8) is 0 Å². The van der Waals surface area contributed by atoms with E-state index in [1.165, 1.54) is 0 Å². The molecule has 4 heterocycles. The Bertz CT molecular complexity index is 1690. The summed E-state index contributed by atoms with van der Waals surface area (Å²) in [5, 5.41) is 18.5. The third kappa shape index (κ3) is 4.54. The van der Waals surface area contributed by atoms with Gasteiger partial charge in [0.2, 0.25) is 5.88 Å². The predicted octanol–water partition coefficient (Wildman–Crippen LogP) is 4.23. The molecule has 1 aliphatic carbocycles. The zero-order chi connectivity index (χ0) is 28.0. The Labute approximate surface area is 232 Å². The molecule has 1 amide bonds. The first-order valence-electron chi connectivity index (χ1n) is 13.5. The fourth-order valence-electron chi connectivity index (χ4n) is 5.17. The molecule has 4 aromatic heterocycles. The third-order valence-corrected chi connectivity index (χ3v) is 7.60. The number of aromatic nitrogens is 5. The predicted molar refractivity (Wildman–Crippen MR) is 154 cm³/mol. The van der Waals surface area contributed by atoms with Crippen LogP contribution in [0.2, 0.25) is 0 Å². The van der Waals surface area contributed by atoms with Gasteiger partial charge >= 0.3 is 0 Å². The maximum Gasteiger partial charge on any atom is 0.257 e. The molecule has 0 saturated heterocycles. The van der Waals surface area contributed by atoms with Gasteiger partial charge in [-0.3, -0.25) is 4.79 Å². The van der Waals surface area contributed by atoms with Gasteiger partial charge in [0, 0.05) is 48.9 Å². The van der Waals surface area contributed by atoms with E-state index in [0.29, 0.717) is 35.8 Å². The van der Waals surface area contributed by atoms with Crippen molar-refractivity contribution in [2.45, 2.75) is 51.4 Å². The minimum atomic E-state index is -0.520. The van der Waals surface area contributed by atoms with E-state index in [1.54, 1.807) is 17.8 Å². The number of hydrogen-bond acceptors (Lipinski definition) is 7. The Hall–Kier alpha value is -4.44.